The van der Waals surface area contributed by atoms with Crippen LogP contribution in [0.3, 0.4) is 0 Å². The lowest BCUT2D eigenvalue weighted by molar-refractivity contribution is -0.123. The molecule has 1 aliphatic heterocycles. The van der Waals surface area contributed by atoms with Crippen LogP contribution in [0.1, 0.15) is 6.42 Å². The first-order valence-electron chi connectivity index (χ1n) is 4.78. The predicted octanol–water partition coefficient (Wildman–Crippen LogP) is 2.04. The van der Waals surface area contributed by atoms with Gasteiger partial charge in [0, 0.05) is 12.5 Å². The van der Waals surface area contributed by atoms with E-state index in [9.17, 15) is 4.79 Å². The van der Waals surface area contributed by atoms with Crippen LogP contribution in [0.25, 0.3) is 0 Å². The molecule has 86 valence electrons. The van der Waals surface area contributed by atoms with E-state index in [0.717, 1.165) is 0 Å². The number of ether oxygens (including phenoxy) is 1. The van der Waals surface area contributed by atoms with Gasteiger partial charge in [-0.2, -0.15) is 0 Å². The van der Waals surface area contributed by atoms with Crippen LogP contribution >= 0.6 is 23.2 Å². The van der Waals surface area contributed by atoms with Gasteiger partial charge in [0.15, 0.2) is 6.10 Å². The Morgan fingerprint density at radius 1 is 1.38 bits per heavy atom. The summed E-state index contributed by atoms with van der Waals surface area (Å²) < 4.78 is 5.49. The van der Waals surface area contributed by atoms with E-state index < -0.39 is 6.10 Å². The maximum Gasteiger partial charge on any atom is 0.265 e. The quantitative estimate of drug-likeness (QED) is 0.856. The molecule has 0 radical (unpaired) electrons. The van der Waals surface area contributed by atoms with Gasteiger partial charge in [-0.25, -0.2) is 0 Å². The third-order valence-electron chi connectivity index (χ3n) is 2.27. The first-order chi connectivity index (χ1) is 7.61. The fourth-order valence-electron chi connectivity index (χ4n) is 1.49. The third-order valence-corrected chi connectivity index (χ3v) is 2.99. The Morgan fingerprint density at radius 3 is 2.75 bits per heavy atom. The van der Waals surface area contributed by atoms with E-state index in [1.54, 1.807) is 12.1 Å². The van der Waals surface area contributed by atoms with Gasteiger partial charge in [-0.15, -0.1) is 0 Å². The summed E-state index contributed by atoms with van der Waals surface area (Å²) in [4.78, 5) is 11.6. The van der Waals surface area contributed by atoms with Crippen LogP contribution in [0.4, 0.5) is 5.69 Å². The van der Waals surface area contributed by atoms with Crippen molar-refractivity contribution < 1.29 is 9.53 Å². The molecule has 1 heterocycles. The minimum absolute atomic E-state index is 0.212. The summed E-state index contributed by atoms with van der Waals surface area (Å²) in [7, 11) is 0. The number of anilines is 1. The number of benzene rings is 1. The van der Waals surface area contributed by atoms with Crippen molar-refractivity contribution in [1.29, 1.82) is 0 Å². The van der Waals surface area contributed by atoms with Crippen LogP contribution in [0.2, 0.25) is 10.0 Å². The third kappa shape index (κ3) is 2.09. The highest BCUT2D eigenvalue weighted by Crippen LogP contribution is 2.37. The van der Waals surface area contributed by atoms with E-state index in [1.165, 1.54) is 0 Å². The van der Waals surface area contributed by atoms with Crippen LogP contribution in [0, 0.1) is 0 Å². The molecule has 6 heteroatoms. The smallest absolute Gasteiger partial charge is 0.265 e. The molecule has 0 aromatic heterocycles. The predicted molar refractivity (Wildman–Crippen MR) is 63.2 cm³/mol. The Bertz CT molecular complexity index is 437. The number of carbonyl (C=O) groups is 1. The van der Waals surface area contributed by atoms with Crippen molar-refractivity contribution in [2.24, 2.45) is 5.73 Å². The molecule has 16 heavy (non-hydrogen) atoms. The zero-order valence-corrected chi connectivity index (χ0v) is 9.81. The molecule has 0 aliphatic carbocycles. The summed E-state index contributed by atoms with van der Waals surface area (Å²) >= 11 is 11.7. The highest BCUT2D eigenvalue weighted by atomic mass is 35.5. The lowest BCUT2D eigenvalue weighted by Crippen LogP contribution is -2.38. The van der Waals surface area contributed by atoms with Gasteiger partial charge in [0.05, 0.1) is 15.7 Å². The van der Waals surface area contributed by atoms with Gasteiger partial charge in [0.25, 0.3) is 5.91 Å². The molecule has 1 unspecified atom stereocenters. The lowest BCUT2D eigenvalue weighted by atomic mass is 10.1. The second-order valence-electron chi connectivity index (χ2n) is 3.44. The van der Waals surface area contributed by atoms with Crippen molar-refractivity contribution in [1.82, 2.24) is 0 Å². The van der Waals surface area contributed by atoms with Crippen LogP contribution in [0.15, 0.2) is 12.1 Å². The molecule has 4 nitrogen and oxygen atoms in total. The molecule has 2 rings (SSSR count). The lowest BCUT2D eigenvalue weighted by Gasteiger charge is -2.25. The molecule has 1 amide bonds. The Hall–Kier alpha value is -0.970. The SMILES string of the molecule is NCCC1Oc2cc(Cl)c(Cl)cc2NC1=O. The molecule has 1 aromatic rings. The Balaban J connectivity index is 2.32. The van der Waals surface area contributed by atoms with Gasteiger partial charge in [0.2, 0.25) is 0 Å². The number of hydrogen-bond donors (Lipinski definition) is 2. The Kier molecular flexibility index (Phi) is 3.23. The number of halogens is 2. The topological polar surface area (TPSA) is 64.3 Å². The highest BCUT2D eigenvalue weighted by Gasteiger charge is 2.27. The second-order valence-corrected chi connectivity index (χ2v) is 4.25. The molecule has 1 atom stereocenters. The summed E-state index contributed by atoms with van der Waals surface area (Å²) in [6.07, 6.45) is -0.0966. The fourth-order valence-corrected chi connectivity index (χ4v) is 1.80. The van der Waals surface area contributed by atoms with Crippen LogP contribution in [0.5, 0.6) is 5.75 Å². The summed E-state index contributed by atoms with van der Waals surface area (Å²) in [6.45, 7) is 0.384. The van der Waals surface area contributed by atoms with Crippen molar-refractivity contribution in [3.8, 4) is 5.75 Å². The second kappa shape index (κ2) is 4.49. The number of nitrogens with one attached hydrogen (secondary N) is 1. The molecule has 0 bridgehead atoms. The van der Waals surface area contributed by atoms with Crippen molar-refractivity contribution in [2.45, 2.75) is 12.5 Å². The Morgan fingerprint density at radius 2 is 2.06 bits per heavy atom. The van der Waals surface area contributed by atoms with E-state index in [1.807, 2.05) is 0 Å². The molecule has 0 saturated heterocycles. The highest BCUT2D eigenvalue weighted by molar-refractivity contribution is 6.42. The summed E-state index contributed by atoms with van der Waals surface area (Å²) in [5, 5.41) is 3.47. The molecule has 0 spiro atoms. The number of carbonyl (C=O) groups excluding carboxylic acids is 1. The fraction of sp³-hybridized carbons (Fsp3) is 0.300. The van der Waals surface area contributed by atoms with E-state index in [2.05, 4.69) is 5.32 Å². The maximum absolute atomic E-state index is 11.6. The first-order valence-corrected chi connectivity index (χ1v) is 5.54. The van der Waals surface area contributed by atoms with Crippen molar-refractivity contribution in [2.75, 3.05) is 11.9 Å². The molecular weight excluding hydrogens is 251 g/mol. The van der Waals surface area contributed by atoms with Crippen molar-refractivity contribution >= 4 is 34.8 Å². The normalized spacial score (nSPS) is 18.7. The standard InChI is InChI=1S/C10H10Cl2N2O2/c11-5-3-7-9(4-6(5)12)16-8(1-2-13)10(15)14-7/h3-4,8H,1-2,13H2,(H,14,15). The average molecular weight is 261 g/mol. The van der Waals surface area contributed by atoms with Crippen LogP contribution in [-0.2, 0) is 4.79 Å². The number of hydrogen-bond acceptors (Lipinski definition) is 3. The van der Waals surface area contributed by atoms with Gasteiger partial charge < -0.3 is 15.8 Å². The van der Waals surface area contributed by atoms with Crippen LogP contribution in [-0.4, -0.2) is 18.6 Å². The number of nitrogens with two attached hydrogens (primary N) is 1. The largest absolute Gasteiger partial charge is 0.478 e. The monoisotopic (exact) mass is 260 g/mol. The van der Waals surface area contributed by atoms with E-state index >= 15 is 0 Å². The van der Waals surface area contributed by atoms with E-state index in [-0.39, 0.29) is 5.91 Å². The average Bonchev–Trinajstić information content (AvgIpc) is 2.23. The van der Waals surface area contributed by atoms with Gasteiger partial charge in [-0.1, -0.05) is 23.2 Å². The number of fused-ring (bicyclic) bond motifs is 1. The summed E-state index contributed by atoms with van der Waals surface area (Å²) in [5.41, 5.74) is 5.92. The van der Waals surface area contributed by atoms with E-state index in [0.29, 0.717) is 34.4 Å². The Labute approximate surface area is 103 Å². The zero-order chi connectivity index (χ0) is 11.7. The zero-order valence-electron chi connectivity index (χ0n) is 8.30. The minimum Gasteiger partial charge on any atom is -0.478 e. The van der Waals surface area contributed by atoms with Gasteiger partial charge in [-0.3, -0.25) is 4.79 Å². The maximum atomic E-state index is 11.6. The summed E-state index contributed by atoms with van der Waals surface area (Å²) in [5.74, 6) is 0.309. The molecule has 0 fully saturated rings. The van der Waals surface area contributed by atoms with Gasteiger partial charge in [-0.05, 0) is 12.6 Å². The van der Waals surface area contributed by atoms with Gasteiger partial charge >= 0.3 is 0 Å². The van der Waals surface area contributed by atoms with Crippen molar-refractivity contribution in [3.63, 3.8) is 0 Å². The molecule has 1 aromatic carbocycles. The first kappa shape index (κ1) is 11.5. The summed E-state index contributed by atoms with van der Waals surface area (Å²) in [6, 6.07) is 3.15. The molecule has 3 N–H and O–H groups in total. The molecule has 0 saturated carbocycles. The van der Waals surface area contributed by atoms with Crippen molar-refractivity contribution in [3.05, 3.63) is 22.2 Å². The minimum atomic E-state index is -0.560. The molecule has 1 aliphatic rings. The number of amides is 1. The molecular formula is C10H10Cl2N2O2. The number of rotatable bonds is 2. The van der Waals surface area contributed by atoms with Gasteiger partial charge in [0.1, 0.15) is 5.75 Å². The van der Waals surface area contributed by atoms with E-state index in [4.69, 9.17) is 33.7 Å². The van der Waals surface area contributed by atoms with Crippen LogP contribution < -0.4 is 15.8 Å².